The number of halogens is 1. The number of nitro benzene ring substituents is 1. The van der Waals surface area contributed by atoms with Crippen LogP contribution < -0.4 is 5.32 Å². The van der Waals surface area contributed by atoms with Crippen LogP contribution in [0.4, 0.5) is 15.8 Å². The van der Waals surface area contributed by atoms with Crippen molar-refractivity contribution < 1.29 is 14.1 Å². The molecule has 0 fully saturated rings. The number of amides is 1. The second-order valence-electron chi connectivity index (χ2n) is 4.08. The standard InChI is InChI=1S/C13H10FN3O3/c1-8-5-6-9(11(7-8)17(19)20)16-13(18)10-3-2-4-12(14)15-10/h2-7H,1H3,(H,16,18). The van der Waals surface area contributed by atoms with Gasteiger partial charge < -0.3 is 5.32 Å². The second kappa shape index (κ2) is 5.43. The molecule has 2 rings (SSSR count). The van der Waals surface area contributed by atoms with Gasteiger partial charge in [-0.3, -0.25) is 14.9 Å². The maximum absolute atomic E-state index is 12.9. The van der Waals surface area contributed by atoms with Gasteiger partial charge in [0, 0.05) is 6.07 Å². The topological polar surface area (TPSA) is 85.1 Å². The first-order chi connectivity index (χ1) is 9.47. The number of carbonyl (C=O) groups is 1. The Bertz CT molecular complexity index is 688. The Balaban J connectivity index is 2.30. The Morgan fingerprint density at radius 3 is 2.75 bits per heavy atom. The predicted molar refractivity (Wildman–Crippen MR) is 70.0 cm³/mol. The summed E-state index contributed by atoms with van der Waals surface area (Å²) >= 11 is 0. The van der Waals surface area contributed by atoms with E-state index < -0.39 is 16.8 Å². The third-order valence-corrected chi connectivity index (χ3v) is 2.55. The van der Waals surface area contributed by atoms with Crippen molar-refractivity contribution in [2.45, 2.75) is 6.92 Å². The third kappa shape index (κ3) is 2.94. The summed E-state index contributed by atoms with van der Waals surface area (Å²) in [7, 11) is 0. The summed E-state index contributed by atoms with van der Waals surface area (Å²) in [6.45, 7) is 1.70. The van der Waals surface area contributed by atoms with Gasteiger partial charge in [0.25, 0.3) is 11.6 Å². The number of anilines is 1. The summed E-state index contributed by atoms with van der Waals surface area (Å²) < 4.78 is 12.9. The largest absolute Gasteiger partial charge is 0.315 e. The lowest BCUT2D eigenvalue weighted by molar-refractivity contribution is -0.384. The maximum Gasteiger partial charge on any atom is 0.293 e. The Labute approximate surface area is 113 Å². The molecule has 2 aromatic rings. The van der Waals surface area contributed by atoms with Crippen LogP contribution in [-0.4, -0.2) is 15.8 Å². The van der Waals surface area contributed by atoms with Crippen molar-refractivity contribution in [3.05, 3.63) is 63.7 Å². The van der Waals surface area contributed by atoms with E-state index in [1.807, 2.05) is 0 Å². The lowest BCUT2D eigenvalue weighted by Gasteiger charge is -2.06. The lowest BCUT2D eigenvalue weighted by atomic mass is 10.2. The van der Waals surface area contributed by atoms with Crippen LogP contribution in [0.15, 0.2) is 36.4 Å². The zero-order chi connectivity index (χ0) is 14.7. The molecule has 0 aliphatic rings. The molecule has 0 saturated heterocycles. The summed E-state index contributed by atoms with van der Waals surface area (Å²) in [5.41, 5.74) is 0.352. The van der Waals surface area contributed by atoms with Crippen LogP contribution in [0.5, 0.6) is 0 Å². The molecule has 0 aliphatic carbocycles. The van der Waals surface area contributed by atoms with Crippen LogP contribution in [0.1, 0.15) is 16.1 Å². The van der Waals surface area contributed by atoms with E-state index in [0.29, 0.717) is 5.56 Å². The van der Waals surface area contributed by atoms with Gasteiger partial charge >= 0.3 is 0 Å². The number of nitro groups is 1. The Morgan fingerprint density at radius 1 is 1.35 bits per heavy atom. The average molecular weight is 275 g/mol. The first kappa shape index (κ1) is 13.6. The third-order valence-electron chi connectivity index (χ3n) is 2.55. The van der Waals surface area contributed by atoms with E-state index in [2.05, 4.69) is 10.3 Å². The molecular weight excluding hydrogens is 265 g/mol. The van der Waals surface area contributed by atoms with Crippen LogP contribution in [0.2, 0.25) is 0 Å². The minimum atomic E-state index is -0.795. The minimum absolute atomic E-state index is 0.0386. The van der Waals surface area contributed by atoms with Gasteiger partial charge in [-0.05, 0) is 30.7 Å². The first-order valence-corrected chi connectivity index (χ1v) is 5.66. The molecule has 6 nitrogen and oxygen atoms in total. The summed E-state index contributed by atoms with van der Waals surface area (Å²) in [4.78, 5) is 25.6. The SMILES string of the molecule is Cc1ccc(NC(=O)c2cccc(F)n2)c([N+](=O)[O-])c1. The highest BCUT2D eigenvalue weighted by atomic mass is 19.1. The van der Waals surface area contributed by atoms with Crippen molar-refractivity contribution in [1.29, 1.82) is 0 Å². The number of hydrogen-bond acceptors (Lipinski definition) is 4. The number of aryl methyl sites for hydroxylation is 1. The van der Waals surface area contributed by atoms with Gasteiger partial charge in [0.15, 0.2) is 0 Å². The van der Waals surface area contributed by atoms with E-state index in [-0.39, 0.29) is 17.1 Å². The molecule has 0 atom stereocenters. The summed E-state index contributed by atoms with van der Waals surface area (Å²) in [5, 5.41) is 13.3. The molecule has 0 radical (unpaired) electrons. The minimum Gasteiger partial charge on any atom is -0.315 e. The van der Waals surface area contributed by atoms with Crippen molar-refractivity contribution in [1.82, 2.24) is 4.98 Å². The van der Waals surface area contributed by atoms with E-state index in [9.17, 15) is 19.3 Å². The van der Waals surface area contributed by atoms with Gasteiger partial charge in [-0.25, -0.2) is 4.98 Å². The summed E-state index contributed by atoms with van der Waals surface area (Å²) in [5.74, 6) is -1.51. The number of hydrogen-bond donors (Lipinski definition) is 1. The van der Waals surface area contributed by atoms with Gasteiger partial charge in [0.1, 0.15) is 11.4 Å². The fraction of sp³-hybridized carbons (Fsp3) is 0.0769. The molecule has 1 heterocycles. The molecule has 7 heteroatoms. The molecule has 0 aliphatic heterocycles. The van der Waals surface area contributed by atoms with Crippen molar-refractivity contribution in [3.63, 3.8) is 0 Å². The van der Waals surface area contributed by atoms with Gasteiger partial charge in [0.2, 0.25) is 5.95 Å². The monoisotopic (exact) mass is 275 g/mol. The number of nitrogens with one attached hydrogen (secondary N) is 1. The van der Waals surface area contributed by atoms with Crippen molar-refractivity contribution in [2.24, 2.45) is 0 Å². The zero-order valence-electron chi connectivity index (χ0n) is 10.5. The molecule has 1 amide bonds. The Hall–Kier alpha value is -2.83. The molecule has 102 valence electrons. The van der Waals surface area contributed by atoms with Gasteiger partial charge in [0.05, 0.1) is 4.92 Å². The van der Waals surface area contributed by atoms with E-state index in [0.717, 1.165) is 6.07 Å². The molecule has 0 bridgehead atoms. The highest BCUT2D eigenvalue weighted by Crippen LogP contribution is 2.25. The number of pyridine rings is 1. The number of aromatic nitrogens is 1. The van der Waals surface area contributed by atoms with Crippen molar-refractivity contribution >= 4 is 17.3 Å². The Kier molecular flexibility index (Phi) is 3.69. The lowest BCUT2D eigenvalue weighted by Crippen LogP contribution is -2.15. The molecule has 1 N–H and O–H groups in total. The smallest absolute Gasteiger partial charge is 0.293 e. The first-order valence-electron chi connectivity index (χ1n) is 5.66. The Morgan fingerprint density at radius 2 is 2.10 bits per heavy atom. The highest BCUT2D eigenvalue weighted by Gasteiger charge is 2.17. The molecule has 1 aromatic heterocycles. The zero-order valence-corrected chi connectivity index (χ0v) is 10.5. The molecule has 0 spiro atoms. The van der Waals surface area contributed by atoms with Gasteiger partial charge in [-0.15, -0.1) is 0 Å². The van der Waals surface area contributed by atoms with E-state index in [1.54, 1.807) is 13.0 Å². The van der Waals surface area contributed by atoms with Gasteiger partial charge in [-0.1, -0.05) is 12.1 Å². The van der Waals surface area contributed by atoms with Crippen LogP contribution >= 0.6 is 0 Å². The molecule has 0 saturated carbocycles. The molecule has 1 aromatic carbocycles. The average Bonchev–Trinajstić information content (AvgIpc) is 2.40. The van der Waals surface area contributed by atoms with E-state index in [4.69, 9.17) is 0 Å². The van der Waals surface area contributed by atoms with Crippen LogP contribution in [0.25, 0.3) is 0 Å². The number of nitrogens with zero attached hydrogens (tertiary/aromatic N) is 2. The van der Waals surface area contributed by atoms with Crippen LogP contribution in [0, 0.1) is 23.0 Å². The number of carbonyl (C=O) groups excluding carboxylic acids is 1. The van der Waals surface area contributed by atoms with Crippen LogP contribution in [-0.2, 0) is 0 Å². The second-order valence-corrected chi connectivity index (χ2v) is 4.08. The quantitative estimate of drug-likeness (QED) is 0.530. The maximum atomic E-state index is 12.9. The van der Waals surface area contributed by atoms with Crippen molar-refractivity contribution in [3.8, 4) is 0 Å². The van der Waals surface area contributed by atoms with Crippen molar-refractivity contribution in [2.75, 3.05) is 5.32 Å². The van der Waals surface area contributed by atoms with E-state index >= 15 is 0 Å². The number of rotatable bonds is 3. The highest BCUT2D eigenvalue weighted by molar-refractivity contribution is 6.04. The fourth-order valence-corrected chi connectivity index (χ4v) is 1.62. The molecule has 20 heavy (non-hydrogen) atoms. The van der Waals surface area contributed by atoms with E-state index in [1.165, 1.54) is 24.3 Å². The number of benzene rings is 1. The fourth-order valence-electron chi connectivity index (χ4n) is 1.62. The predicted octanol–water partition coefficient (Wildman–Crippen LogP) is 2.69. The molecule has 0 unspecified atom stereocenters. The van der Waals surface area contributed by atoms with Gasteiger partial charge in [-0.2, -0.15) is 4.39 Å². The summed E-state index contributed by atoms with van der Waals surface area (Å²) in [6, 6.07) is 8.14. The summed E-state index contributed by atoms with van der Waals surface area (Å²) in [6.07, 6.45) is 0. The normalized spacial score (nSPS) is 10.1. The van der Waals surface area contributed by atoms with Crippen LogP contribution in [0.3, 0.4) is 0 Å². The molecular formula is C13H10FN3O3.